The molecule has 1 aliphatic rings. The van der Waals surface area contributed by atoms with Gasteiger partial charge in [-0.3, -0.25) is 9.89 Å². The lowest BCUT2D eigenvalue weighted by molar-refractivity contribution is 0.0735. The van der Waals surface area contributed by atoms with Crippen LogP contribution < -0.4 is 4.74 Å². The van der Waals surface area contributed by atoms with Crippen molar-refractivity contribution < 1.29 is 14.3 Å². The molecule has 1 amide bonds. The van der Waals surface area contributed by atoms with Gasteiger partial charge in [-0.1, -0.05) is 24.8 Å². The summed E-state index contributed by atoms with van der Waals surface area (Å²) in [5.41, 5.74) is 6.54. The number of carbonyl (C=O) groups excluding carboxylic acids is 1. The molecule has 176 valence electrons. The largest absolute Gasteiger partial charge is 0.501 e. The van der Waals surface area contributed by atoms with Gasteiger partial charge < -0.3 is 14.4 Å². The van der Waals surface area contributed by atoms with Gasteiger partial charge in [-0.2, -0.15) is 5.10 Å². The van der Waals surface area contributed by atoms with Crippen LogP contribution in [0.25, 0.3) is 16.7 Å². The second-order valence-corrected chi connectivity index (χ2v) is 8.60. The maximum atomic E-state index is 13.6. The Hall–Kier alpha value is -3.80. The van der Waals surface area contributed by atoms with Crippen LogP contribution in [0.15, 0.2) is 72.8 Å². The summed E-state index contributed by atoms with van der Waals surface area (Å²) in [7, 11) is 3.29. The Balaban J connectivity index is 1.65. The molecule has 1 saturated heterocycles. The SMILES string of the molecule is C=C(C)/C(=C(/C)OC)c1cccc(C2CCCN2C(=O)c2ccc(-c3cn[nH]c3)c(OC)c2)c1. The highest BCUT2D eigenvalue weighted by Gasteiger charge is 2.31. The van der Waals surface area contributed by atoms with E-state index in [1.165, 1.54) is 0 Å². The van der Waals surface area contributed by atoms with Crippen molar-refractivity contribution in [2.75, 3.05) is 20.8 Å². The van der Waals surface area contributed by atoms with Crippen molar-refractivity contribution in [1.82, 2.24) is 15.1 Å². The maximum absolute atomic E-state index is 13.6. The summed E-state index contributed by atoms with van der Waals surface area (Å²) in [6.45, 7) is 8.78. The molecule has 0 radical (unpaired) electrons. The van der Waals surface area contributed by atoms with Gasteiger partial charge in [0.25, 0.3) is 5.91 Å². The molecule has 4 rings (SSSR count). The van der Waals surface area contributed by atoms with Gasteiger partial charge in [0, 0.05) is 35.0 Å². The van der Waals surface area contributed by atoms with Crippen LogP contribution in [0.5, 0.6) is 5.75 Å². The quantitative estimate of drug-likeness (QED) is 0.348. The lowest BCUT2D eigenvalue weighted by Crippen LogP contribution is -2.30. The van der Waals surface area contributed by atoms with Gasteiger partial charge in [0.15, 0.2) is 0 Å². The second kappa shape index (κ2) is 10.00. The number of aromatic nitrogens is 2. The molecule has 0 saturated carbocycles. The van der Waals surface area contributed by atoms with Crippen molar-refractivity contribution in [1.29, 1.82) is 0 Å². The summed E-state index contributed by atoms with van der Waals surface area (Å²) in [5, 5.41) is 6.83. The molecule has 1 aromatic heterocycles. The van der Waals surface area contributed by atoms with E-state index in [0.717, 1.165) is 58.5 Å². The summed E-state index contributed by atoms with van der Waals surface area (Å²) >= 11 is 0. The molecule has 3 aromatic rings. The third kappa shape index (κ3) is 4.49. The molecule has 1 aliphatic heterocycles. The van der Waals surface area contributed by atoms with E-state index in [2.05, 4.69) is 35.0 Å². The van der Waals surface area contributed by atoms with Crippen LogP contribution >= 0.6 is 0 Å². The number of amides is 1. The Kier molecular flexibility index (Phi) is 6.87. The summed E-state index contributed by atoms with van der Waals surface area (Å²) in [5.74, 6) is 1.48. The standard InChI is InChI=1S/C28H31N3O3/c1-18(2)27(19(3)33-4)21-9-6-8-20(14-21)25-10-7-13-31(25)28(32)22-11-12-24(26(15-22)34-5)23-16-29-30-17-23/h6,8-9,11-12,14-17,25H,1,7,10,13H2,2-5H3,(H,29,30)/b27-19+. The number of nitrogens with zero attached hydrogens (tertiary/aromatic N) is 2. The van der Waals surface area contributed by atoms with Crippen LogP contribution in [0.2, 0.25) is 0 Å². The van der Waals surface area contributed by atoms with Gasteiger partial charge in [-0.25, -0.2) is 0 Å². The fraction of sp³-hybridized carbons (Fsp3) is 0.286. The zero-order valence-corrected chi connectivity index (χ0v) is 20.2. The molecule has 1 N–H and O–H groups in total. The predicted octanol–water partition coefficient (Wildman–Crippen LogP) is 6.02. The Morgan fingerprint density at radius 1 is 1.15 bits per heavy atom. The first kappa shape index (κ1) is 23.4. The van der Waals surface area contributed by atoms with Gasteiger partial charge in [-0.15, -0.1) is 0 Å². The van der Waals surface area contributed by atoms with Crippen molar-refractivity contribution in [3.05, 3.63) is 89.5 Å². The van der Waals surface area contributed by atoms with E-state index in [-0.39, 0.29) is 11.9 Å². The molecule has 1 atom stereocenters. The van der Waals surface area contributed by atoms with E-state index in [1.54, 1.807) is 20.4 Å². The van der Waals surface area contributed by atoms with E-state index in [1.807, 2.05) is 49.2 Å². The monoisotopic (exact) mass is 457 g/mol. The average Bonchev–Trinajstić information content (AvgIpc) is 3.55. The highest BCUT2D eigenvalue weighted by Crippen LogP contribution is 2.37. The lowest BCUT2D eigenvalue weighted by atomic mass is 9.94. The molecular weight excluding hydrogens is 426 g/mol. The van der Waals surface area contributed by atoms with Gasteiger partial charge >= 0.3 is 0 Å². The zero-order chi connectivity index (χ0) is 24.2. The minimum absolute atomic E-state index is 0.00804. The second-order valence-electron chi connectivity index (χ2n) is 8.60. The molecular formula is C28H31N3O3. The van der Waals surface area contributed by atoms with Crippen molar-refractivity contribution in [2.24, 2.45) is 0 Å². The Bertz CT molecular complexity index is 1230. The van der Waals surface area contributed by atoms with Crippen molar-refractivity contribution in [2.45, 2.75) is 32.7 Å². The number of hydrogen-bond donors (Lipinski definition) is 1. The smallest absolute Gasteiger partial charge is 0.254 e. The molecule has 6 nitrogen and oxygen atoms in total. The first-order valence-electron chi connectivity index (χ1n) is 11.4. The molecule has 2 aromatic carbocycles. The molecule has 1 fully saturated rings. The number of carbonyl (C=O) groups is 1. The van der Waals surface area contributed by atoms with E-state index in [4.69, 9.17) is 9.47 Å². The number of hydrogen-bond acceptors (Lipinski definition) is 4. The number of methoxy groups -OCH3 is 2. The summed E-state index contributed by atoms with van der Waals surface area (Å²) < 4.78 is 11.1. The van der Waals surface area contributed by atoms with Gasteiger partial charge in [0.1, 0.15) is 11.5 Å². The minimum Gasteiger partial charge on any atom is -0.501 e. The number of benzene rings is 2. The van der Waals surface area contributed by atoms with Crippen LogP contribution in [-0.4, -0.2) is 41.8 Å². The van der Waals surface area contributed by atoms with Crippen LogP contribution in [0.4, 0.5) is 0 Å². The van der Waals surface area contributed by atoms with Crippen molar-refractivity contribution >= 4 is 11.5 Å². The van der Waals surface area contributed by atoms with Crippen molar-refractivity contribution in [3.8, 4) is 16.9 Å². The predicted molar refractivity (Wildman–Crippen MR) is 134 cm³/mol. The average molecular weight is 458 g/mol. The Morgan fingerprint density at radius 2 is 1.97 bits per heavy atom. The van der Waals surface area contributed by atoms with E-state index in [9.17, 15) is 4.79 Å². The molecule has 0 bridgehead atoms. The van der Waals surface area contributed by atoms with Crippen LogP contribution in [0, 0.1) is 0 Å². The Labute approximate surface area is 200 Å². The molecule has 0 spiro atoms. The number of aromatic amines is 1. The van der Waals surface area contributed by atoms with E-state index in [0.29, 0.717) is 11.3 Å². The van der Waals surface area contributed by atoms with Crippen LogP contribution in [-0.2, 0) is 4.74 Å². The Morgan fingerprint density at radius 3 is 2.65 bits per heavy atom. The summed E-state index contributed by atoms with van der Waals surface area (Å²) in [6.07, 6.45) is 5.43. The third-order valence-electron chi connectivity index (χ3n) is 6.42. The first-order chi connectivity index (χ1) is 16.4. The summed E-state index contributed by atoms with van der Waals surface area (Å²) in [6, 6.07) is 14.0. The molecule has 6 heteroatoms. The number of ether oxygens (including phenoxy) is 2. The summed E-state index contributed by atoms with van der Waals surface area (Å²) in [4.78, 5) is 15.6. The first-order valence-corrected chi connectivity index (χ1v) is 11.4. The lowest BCUT2D eigenvalue weighted by Gasteiger charge is -2.26. The highest BCUT2D eigenvalue weighted by atomic mass is 16.5. The topological polar surface area (TPSA) is 67.5 Å². The van der Waals surface area contributed by atoms with Crippen LogP contribution in [0.3, 0.4) is 0 Å². The van der Waals surface area contributed by atoms with Gasteiger partial charge in [-0.05, 0) is 67.7 Å². The minimum atomic E-state index is 0.00804. The van der Waals surface area contributed by atoms with E-state index < -0.39 is 0 Å². The number of allylic oxidation sites excluding steroid dienone is 3. The third-order valence-corrected chi connectivity index (χ3v) is 6.42. The van der Waals surface area contributed by atoms with Gasteiger partial charge in [0.2, 0.25) is 0 Å². The number of nitrogens with one attached hydrogen (secondary N) is 1. The highest BCUT2D eigenvalue weighted by molar-refractivity contribution is 5.96. The number of rotatable bonds is 7. The molecule has 2 heterocycles. The fourth-order valence-corrected chi connectivity index (χ4v) is 4.74. The number of H-pyrrole nitrogens is 1. The zero-order valence-electron chi connectivity index (χ0n) is 20.2. The molecule has 0 aliphatic carbocycles. The van der Waals surface area contributed by atoms with Crippen molar-refractivity contribution in [3.63, 3.8) is 0 Å². The fourth-order valence-electron chi connectivity index (χ4n) is 4.74. The maximum Gasteiger partial charge on any atom is 0.254 e. The van der Waals surface area contributed by atoms with E-state index >= 15 is 0 Å². The normalized spacial score (nSPS) is 16.2. The molecule has 34 heavy (non-hydrogen) atoms. The number of likely N-dealkylation sites (tertiary alicyclic amines) is 1. The van der Waals surface area contributed by atoms with Gasteiger partial charge in [0.05, 0.1) is 26.5 Å². The van der Waals surface area contributed by atoms with Crippen LogP contribution in [0.1, 0.15) is 54.2 Å². The molecule has 1 unspecified atom stereocenters.